The average Bonchev–Trinajstić information content (AvgIpc) is 2.70. The van der Waals surface area contributed by atoms with E-state index < -0.39 is 10.0 Å². The first-order valence-corrected chi connectivity index (χ1v) is 9.98. The number of hydrogen-bond acceptors (Lipinski definition) is 3. The van der Waals surface area contributed by atoms with Crippen LogP contribution in [0.5, 0.6) is 0 Å². The van der Waals surface area contributed by atoms with Crippen LogP contribution in [0.25, 0.3) is 6.08 Å². The van der Waals surface area contributed by atoms with Gasteiger partial charge in [-0.15, -0.1) is 0 Å². The van der Waals surface area contributed by atoms with Crippen LogP contribution in [0.3, 0.4) is 0 Å². The van der Waals surface area contributed by atoms with E-state index in [2.05, 4.69) is 9.93 Å². The Morgan fingerprint density at radius 3 is 2.07 bits per heavy atom. The van der Waals surface area contributed by atoms with E-state index in [9.17, 15) is 8.42 Å². The van der Waals surface area contributed by atoms with E-state index in [0.29, 0.717) is 5.71 Å². The molecule has 0 unspecified atom stereocenters. The molecule has 1 N–H and O–H groups in total. The van der Waals surface area contributed by atoms with Crippen LogP contribution in [0.15, 0.2) is 101 Å². The quantitative estimate of drug-likeness (QED) is 0.512. The number of rotatable bonds is 6. The summed E-state index contributed by atoms with van der Waals surface area (Å²) in [5.41, 5.74) is 3.34. The molecule has 27 heavy (non-hydrogen) atoms. The SMILES string of the molecule is Cc1ccc(S(=O)(=O)N/N=C(\C=C/c2ccccc2)c2ccccc2)cc1. The number of benzene rings is 3. The van der Waals surface area contributed by atoms with Crippen LogP contribution in [0, 0.1) is 6.92 Å². The Morgan fingerprint density at radius 1 is 0.852 bits per heavy atom. The second-order valence-electron chi connectivity index (χ2n) is 6.01. The number of hydrogen-bond donors (Lipinski definition) is 1. The van der Waals surface area contributed by atoms with Gasteiger partial charge in [-0.1, -0.05) is 84.4 Å². The molecule has 0 saturated carbocycles. The fourth-order valence-electron chi connectivity index (χ4n) is 2.43. The molecule has 0 aliphatic heterocycles. The molecule has 0 fully saturated rings. The fourth-order valence-corrected chi connectivity index (χ4v) is 3.24. The van der Waals surface area contributed by atoms with Gasteiger partial charge < -0.3 is 0 Å². The minimum absolute atomic E-state index is 0.177. The second-order valence-corrected chi connectivity index (χ2v) is 7.68. The molecule has 0 atom stereocenters. The fraction of sp³-hybridized carbons (Fsp3) is 0.0455. The zero-order chi connectivity index (χ0) is 19.1. The summed E-state index contributed by atoms with van der Waals surface area (Å²) in [6.45, 7) is 1.91. The predicted molar refractivity (Wildman–Crippen MR) is 110 cm³/mol. The molecular weight excluding hydrogens is 356 g/mol. The molecule has 0 amide bonds. The summed E-state index contributed by atoms with van der Waals surface area (Å²) in [5, 5.41) is 4.17. The van der Waals surface area contributed by atoms with Gasteiger partial charge in [0.05, 0.1) is 10.6 Å². The molecule has 0 heterocycles. The molecule has 5 heteroatoms. The van der Waals surface area contributed by atoms with Crippen molar-refractivity contribution < 1.29 is 8.42 Å². The minimum atomic E-state index is -3.73. The Kier molecular flexibility index (Phi) is 5.84. The number of nitrogens with one attached hydrogen (secondary N) is 1. The standard InChI is InChI=1S/C22H20N2O2S/c1-18-12-15-21(16-13-18)27(25,26)24-23-22(20-10-6-3-7-11-20)17-14-19-8-4-2-5-9-19/h2-17,24H,1H3/b17-14-,23-22+. The molecule has 3 rings (SSSR count). The zero-order valence-corrected chi connectivity index (χ0v) is 15.7. The Hall–Kier alpha value is -3.18. The highest BCUT2D eigenvalue weighted by Crippen LogP contribution is 2.11. The van der Waals surface area contributed by atoms with Gasteiger partial charge in [-0.25, -0.2) is 0 Å². The first kappa shape index (κ1) is 18.6. The van der Waals surface area contributed by atoms with Gasteiger partial charge in [0.1, 0.15) is 0 Å². The van der Waals surface area contributed by atoms with E-state index in [4.69, 9.17) is 0 Å². The molecule has 3 aromatic rings. The molecule has 0 bridgehead atoms. The molecule has 136 valence electrons. The zero-order valence-electron chi connectivity index (χ0n) is 14.9. The molecule has 0 aliphatic carbocycles. The van der Waals surface area contributed by atoms with Crippen LogP contribution in [-0.4, -0.2) is 14.1 Å². The third-order valence-corrected chi connectivity index (χ3v) is 5.14. The molecule has 3 aromatic carbocycles. The number of sulfonamides is 1. The highest BCUT2D eigenvalue weighted by atomic mass is 32.2. The lowest BCUT2D eigenvalue weighted by Gasteiger charge is -2.06. The van der Waals surface area contributed by atoms with Crippen LogP contribution in [0.4, 0.5) is 0 Å². The van der Waals surface area contributed by atoms with Crippen LogP contribution in [0.1, 0.15) is 16.7 Å². The number of nitrogens with zero attached hydrogens (tertiary/aromatic N) is 1. The van der Waals surface area contributed by atoms with E-state index in [1.165, 1.54) is 0 Å². The third kappa shape index (κ3) is 5.15. The Morgan fingerprint density at radius 2 is 1.44 bits per heavy atom. The molecule has 0 saturated heterocycles. The average molecular weight is 376 g/mol. The van der Waals surface area contributed by atoms with Gasteiger partial charge in [0.25, 0.3) is 10.0 Å². The highest BCUT2D eigenvalue weighted by molar-refractivity contribution is 7.89. The topological polar surface area (TPSA) is 58.5 Å². The number of aryl methyl sites for hydroxylation is 1. The van der Waals surface area contributed by atoms with Crippen LogP contribution in [0.2, 0.25) is 0 Å². The highest BCUT2D eigenvalue weighted by Gasteiger charge is 2.13. The van der Waals surface area contributed by atoms with Crippen molar-refractivity contribution in [1.82, 2.24) is 4.83 Å². The summed E-state index contributed by atoms with van der Waals surface area (Å²) in [5.74, 6) is 0. The van der Waals surface area contributed by atoms with Crippen molar-refractivity contribution in [2.45, 2.75) is 11.8 Å². The molecular formula is C22H20N2O2S. The number of allylic oxidation sites excluding steroid dienone is 1. The van der Waals surface area contributed by atoms with Crippen molar-refractivity contribution in [3.63, 3.8) is 0 Å². The minimum Gasteiger partial charge on any atom is -0.200 e. The van der Waals surface area contributed by atoms with Gasteiger partial charge in [0, 0.05) is 5.56 Å². The van der Waals surface area contributed by atoms with Crippen molar-refractivity contribution >= 4 is 21.8 Å². The van der Waals surface area contributed by atoms with E-state index in [-0.39, 0.29) is 4.90 Å². The van der Waals surface area contributed by atoms with E-state index in [1.54, 1.807) is 30.3 Å². The molecule has 0 spiro atoms. The number of hydrazone groups is 1. The summed E-state index contributed by atoms with van der Waals surface area (Å²) in [6, 6.07) is 25.8. The third-order valence-electron chi connectivity index (χ3n) is 3.92. The first-order valence-electron chi connectivity index (χ1n) is 8.49. The summed E-state index contributed by atoms with van der Waals surface area (Å²) < 4.78 is 25.0. The normalized spacial score (nSPS) is 12.3. The van der Waals surface area contributed by atoms with Gasteiger partial charge in [0.2, 0.25) is 0 Å². The molecule has 0 radical (unpaired) electrons. The summed E-state index contributed by atoms with van der Waals surface area (Å²) in [6.07, 6.45) is 3.69. The smallest absolute Gasteiger partial charge is 0.200 e. The van der Waals surface area contributed by atoms with Gasteiger partial charge >= 0.3 is 0 Å². The lowest BCUT2D eigenvalue weighted by atomic mass is 10.1. The molecule has 4 nitrogen and oxygen atoms in total. The predicted octanol–water partition coefficient (Wildman–Crippen LogP) is 4.39. The van der Waals surface area contributed by atoms with Crippen LogP contribution >= 0.6 is 0 Å². The Labute approximate surface area is 159 Å². The van der Waals surface area contributed by atoms with Gasteiger partial charge in [-0.2, -0.15) is 18.4 Å². The summed E-state index contributed by atoms with van der Waals surface area (Å²) in [4.78, 5) is 2.52. The van der Waals surface area contributed by atoms with E-state index in [1.807, 2.05) is 73.7 Å². The maximum atomic E-state index is 12.5. The van der Waals surface area contributed by atoms with Crippen LogP contribution < -0.4 is 4.83 Å². The Balaban J connectivity index is 1.90. The maximum absolute atomic E-state index is 12.5. The van der Waals surface area contributed by atoms with Crippen molar-refractivity contribution in [3.05, 3.63) is 108 Å². The lowest BCUT2D eigenvalue weighted by Crippen LogP contribution is -2.20. The van der Waals surface area contributed by atoms with Crippen molar-refractivity contribution in [3.8, 4) is 0 Å². The molecule has 0 aromatic heterocycles. The van der Waals surface area contributed by atoms with Crippen LogP contribution in [-0.2, 0) is 10.0 Å². The van der Waals surface area contributed by atoms with E-state index >= 15 is 0 Å². The van der Waals surface area contributed by atoms with Crippen molar-refractivity contribution in [1.29, 1.82) is 0 Å². The summed E-state index contributed by atoms with van der Waals surface area (Å²) in [7, 11) is -3.73. The van der Waals surface area contributed by atoms with Gasteiger partial charge in [-0.05, 0) is 30.7 Å². The lowest BCUT2D eigenvalue weighted by molar-refractivity contribution is 0.584. The van der Waals surface area contributed by atoms with Crippen molar-refractivity contribution in [2.75, 3.05) is 0 Å². The van der Waals surface area contributed by atoms with Gasteiger partial charge in [0.15, 0.2) is 0 Å². The summed E-state index contributed by atoms with van der Waals surface area (Å²) >= 11 is 0. The maximum Gasteiger partial charge on any atom is 0.276 e. The van der Waals surface area contributed by atoms with E-state index in [0.717, 1.165) is 16.7 Å². The van der Waals surface area contributed by atoms with Crippen molar-refractivity contribution in [2.24, 2.45) is 5.10 Å². The second kappa shape index (κ2) is 8.47. The van der Waals surface area contributed by atoms with Gasteiger partial charge in [-0.3, -0.25) is 0 Å². The molecule has 0 aliphatic rings. The monoisotopic (exact) mass is 376 g/mol. The largest absolute Gasteiger partial charge is 0.276 e. The Bertz CT molecular complexity index is 1040. The first-order chi connectivity index (χ1) is 13.0.